The first-order valence-corrected chi connectivity index (χ1v) is 0.333. The van der Waals surface area contributed by atoms with Crippen LogP contribution in [0.5, 0.6) is 0 Å². The second kappa shape index (κ2) is 78.0. The Bertz CT molecular complexity index is 7.61. The van der Waals surface area contributed by atoms with Crippen LogP contribution in [-0.4, -0.2) is 0 Å². The van der Waals surface area contributed by atoms with Crippen molar-refractivity contribution in [2.45, 2.75) is 0 Å². The molecule has 39 valence electrons. The van der Waals surface area contributed by atoms with Crippen LogP contribution >= 0.6 is 0 Å². The zero-order valence-electron chi connectivity index (χ0n) is 2.21. The van der Waals surface area contributed by atoms with E-state index in [0.717, 1.165) is 0 Å². The van der Waals surface area contributed by atoms with Crippen LogP contribution < -0.4 is 36.5 Å². The number of hydrazine groups is 1. The topological polar surface area (TPSA) is 52.0 Å². The molecule has 0 aliphatic carbocycles. The fourth-order valence-electron chi connectivity index (χ4n) is 0. The van der Waals surface area contributed by atoms with Gasteiger partial charge in [0.15, 0.2) is 0 Å². The molecule has 2 nitrogen and oxygen atoms in total. The molecule has 0 atom stereocenters. The first-order chi connectivity index (χ1) is 1.00. The smallest absolute Gasteiger partial charge is 1.00 e. The molecule has 0 rings (SSSR count). The average molecular weight is 166 g/mol. The summed E-state index contributed by atoms with van der Waals surface area (Å²) in [5.74, 6) is 8.00. The Balaban J connectivity index is -0.00000000167. The van der Waals surface area contributed by atoms with Gasteiger partial charge in [-0.05, 0) is 0 Å². The predicted molar refractivity (Wildman–Crippen MR) is 8.37 cm³/mol. The molecular formula is H4Cl2CuN2. The van der Waals surface area contributed by atoms with E-state index in [0.29, 0.717) is 0 Å². The zero-order valence-corrected chi connectivity index (χ0v) is 4.67. The molecule has 0 amide bonds. The van der Waals surface area contributed by atoms with E-state index in [9.17, 15) is 0 Å². The Kier molecular flexibility index (Phi) is 580. The predicted octanol–water partition coefficient (Wildman–Crippen LogP) is -7.18. The number of hydrogen-bond acceptors (Lipinski definition) is 2. The van der Waals surface area contributed by atoms with Gasteiger partial charge in [-0.2, -0.15) is 0 Å². The third kappa shape index (κ3) is 44.0. The van der Waals surface area contributed by atoms with Crippen molar-refractivity contribution in [1.82, 2.24) is 0 Å². The second-order valence-corrected chi connectivity index (χ2v) is 0. The van der Waals surface area contributed by atoms with E-state index in [-0.39, 0.29) is 41.9 Å². The minimum absolute atomic E-state index is 0. The first kappa shape index (κ1) is 37.2. The van der Waals surface area contributed by atoms with E-state index in [2.05, 4.69) is 11.7 Å². The van der Waals surface area contributed by atoms with Crippen molar-refractivity contribution in [3.63, 3.8) is 0 Å². The molecule has 1 radical (unpaired) electrons. The summed E-state index contributed by atoms with van der Waals surface area (Å²) in [6.07, 6.45) is 0. The molecule has 5 heteroatoms. The summed E-state index contributed by atoms with van der Waals surface area (Å²) in [6, 6.07) is 0. The molecule has 0 saturated heterocycles. The molecule has 0 bridgehead atoms. The summed E-state index contributed by atoms with van der Waals surface area (Å²) in [5, 5.41) is 0. The third-order valence-corrected chi connectivity index (χ3v) is 0. The fourth-order valence-corrected chi connectivity index (χ4v) is 0. The molecular weight excluding hydrogens is 162 g/mol. The Morgan fingerprint density at radius 2 is 0.800 bits per heavy atom. The monoisotopic (exact) mass is 165 g/mol. The second-order valence-electron chi connectivity index (χ2n) is 0. The van der Waals surface area contributed by atoms with Gasteiger partial charge in [0.2, 0.25) is 0 Å². The van der Waals surface area contributed by atoms with Gasteiger partial charge in [0.1, 0.15) is 0 Å². The van der Waals surface area contributed by atoms with Gasteiger partial charge in [0.25, 0.3) is 0 Å². The Labute approximate surface area is 53.9 Å². The van der Waals surface area contributed by atoms with Crippen molar-refractivity contribution in [2.24, 2.45) is 11.7 Å². The summed E-state index contributed by atoms with van der Waals surface area (Å²) in [6.45, 7) is 0. The van der Waals surface area contributed by atoms with Crippen molar-refractivity contribution >= 4 is 0 Å². The van der Waals surface area contributed by atoms with Crippen molar-refractivity contribution in [3.05, 3.63) is 0 Å². The van der Waals surface area contributed by atoms with Crippen molar-refractivity contribution < 1.29 is 41.9 Å². The SMILES string of the molecule is NN.[Cl-].[Cl-].[Cu+2]. The van der Waals surface area contributed by atoms with Gasteiger partial charge in [0, 0.05) is 0 Å². The van der Waals surface area contributed by atoms with Crippen LogP contribution in [0.25, 0.3) is 0 Å². The minimum atomic E-state index is 0. The molecule has 0 spiro atoms. The van der Waals surface area contributed by atoms with E-state index < -0.39 is 0 Å². The summed E-state index contributed by atoms with van der Waals surface area (Å²) >= 11 is 0. The van der Waals surface area contributed by atoms with Gasteiger partial charge in [-0.1, -0.05) is 0 Å². The summed E-state index contributed by atoms with van der Waals surface area (Å²) in [4.78, 5) is 0. The molecule has 0 fully saturated rings. The first-order valence-electron chi connectivity index (χ1n) is 0.333. The maximum atomic E-state index is 4.00. The third-order valence-electron chi connectivity index (χ3n) is 0. The van der Waals surface area contributed by atoms with Gasteiger partial charge in [-0.3, -0.25) is 11.7 Å². The van der Waals surface area contributed by atoms with Crippen LogP contribution in [0.3, 0.4) is 0 Å². The number of rotatable bonds is 0. The molecule has 0 aliphatic heterocycles. The molecule has 4 N–H and O–H groups in total. The van der Waals surface area contributed by atoms with Crippen molar-refractivity contribution in [2.75, 3.05) is 0 Å². The molecule has 0 aromatic carbocycles. The van der Waals surface area contributed by atoms with Crippen LogP contribution in [-0.2, 0) is 17.1 Å². The van der Waals surface area contributed by atoms with E-state index >= 15 is 0 Å². The van der Waals surface area contributed by atoms with E-state index in [1.54, 1.807) is 0 Å². The molecule has 0 heterocycles. The number of halogens is 2. The molecule has 0 saturated carbocycles. The fraction of sp³-hybridized carbons (Fsp3) is 0. The van der Waals surface area contributed by atoms with Gasteiger partial charge in [-0.25, -0.2) is 0 Å². The van der Waals surface area contributed by atoms with Crippen molar-refractivity contribution in [3.8, 4) is 0 Å². The average Bonchev–Trinajstić information content (AvgIpc) is 1.00. The van der Waals surface area contributed by atoms with Gasteiger partial charge in [0.05, 0.1) is 0 Å². The van der Waals surface area contributed by atoms with E-state index in [4.69, 9.17) is 0 Å². The van der Waals surface area contributed by atoms with Crippen LogP contribution in [0.4, 0.5) is 0 Å². The maximum absolute atomic E-state index is 4.00. The van der Waals surface area contributed by atoms with E-state index in [1.165, 1.54) is 0 Å². The zero-order chi connectivity index (χ0) is 2.00. The van der Waals surface area contributed by atoms with Crippen LogP contribution in [0.1, 0.15) is 0 Å². The van der Waals surface area contributed by atoms with E-state index in [1.807, 2.05) is 0 Å². The molecule has 0 aliphatic rings. The quantitative estimate of drug-likeness (QED) is 0.214. The molecule has 0 aromatic heterocycles. The number of nitrogens with two attached hydrogens (primary N) is 2. The summed E-state index contributed by atoms with van der Waals surface area (Å²) in [7, 11) is 0. The van der Waals surface area contributed by atoms with Crippen molar-refractivity contribution in [1.29, 1.82) is 0 Å². The summed E-state index contributed by atoms with van der Waals surface area (Å²) < 4.78 is 0. The minimum Gasteiger partial charge on any atom is -1.00 e. The Morgan fingerprint density at radius 1 is 0.800 bits per heavy atom. The van der Waals surface area contributed by atoms with Gasteiger partial charge in [-0.15, -0.1) is 0 Å². The van der Waals surface area contributed by atoms with Crippen LogP contribution in [0.2, 0.25) is 0 Å². The van der Waals surface area contributed by atoms with Gasteiger partial charge >= 0.3 is 17.1 Å². The largest absolute Gasteiger partial charge is 2.00 e. The van der Waals surface area contributed by atoms with Gasteiger partial charge < -0.3 is 24.8 Å². The number of hydrogen-bond donors (Lipinski definition) is 2. The standard InChI is InChI=1S/2ClH.Cu.H4N2/c;;;1-2/h2*1H;;1-2H2/q;;+2;/p-2. The molecule has 5 heavy (non-hydrogen) atoms. The maximum Gasteiger partial charge on any atom is 2.00 e. The Hall–Kier alpha value is 1.02. The van der Waals surface area contributed by atoms with Crippen LogP contribution in [0, 0.1) is 0 Å². The Morgan fingerprint density at radius 3 is 0.800 bits per heavy atom. The normalized spacial score (nSPS) is 1.20. The molecule has 0 unspecified atom stereocenters. The van der Waals surface area contributed by atoms with Crippen LogP contribution in [0.15, 0.2) is 0 Å². The summed E-state index contributed by atoms with van der Waals surface area (Å²) in [5.41, 5.74) is 0. The molecule has 0 aromatic rings.